The number of ether oxygens (including phenoxy) is 4. The molecule has 7 rings (SSSR count). The first-order valence-electron chi connectivity index (χ1n) is 17.5. The van der Waals surface area contributed by atoms with Crippen molar-refractivity contribution in [3.05, 3.63) is 59.2 Å². The zero-order valence-corrected chi connectivity index (χ0v) is 28.8. The Kier molecular flexibility index (Phi) is 8.68. The third-order valence-electron chi connectivity index (χ3n) is 11.0. The van der Waals surface area contributed by atoms with Gasteiger partial charge in [-0.3, -0.25) is 19.3 Å². The van der Waals surface area contributed by atoms with E-state index in [2.05, 4.69) is 9.64 Å². The Morgan fingerprint density at radius 2 is 1.86 bits per heavy atom. The maximum Gasteiger partial charge on any atom is 0.573 e. The van der Waals surface area contributed by atoms with Gasteiger partial charge in [-0.1, -0.05) is 32.0 Å². The van der Waals surface area contributed by atoms with Gasteiger partial charge in [0.25, 0.3) is 0 Å². The SMILES string of the molecule is CC(=O)Oc1ccc2c3c1OC1C(N(CC(C)C)C(=O)/C=C/c4cccc(OC(F)(F)F)c4)CC[C@@]4(OC(C)=O)[C@@H](C2)N(CC2CC2)CC[C@]314. The van der Waals surface area contributed by atoms with Crippen LogP contribution in [0.2, 0.25) is 0 Å². The predicted octanol–water partition coefficient (Wildman–Crippen LogP) is 6.21. The van der Waals surface area contributed by atoms with Gasteiger partial charge in [0, 0.05) is 38.6 Å². The van der Waals surface area contributed by atoms with Crippen LogP contribution in [0.5, 0.6) is 17.2 Å². The molecule has 0 aromatic heterocycles. The first kappa shape index (κ1) is 34.4. The molecule has 9 nitrogen and oxygen atoms in total. The molecule has 1 spiro atoms. The number of amides is 1. The summed E-state index contributed by atoms with van der Waals surface area (Å²) in [5, 5.41) is 0. The summed E-state index contributed by atoms with van der Waals surface area (Å²) >= 11 is 0. The Balaban J connectivity index is 1.30. The summed E-state index contributed by atoms with van der Waals surface area (Å²) in [6.07, 6.45) is 2.05. The minimum Gasteiger partial charge on any atom is -0.483 e. The molecule has 3 aliphatic carbocycles. The summed E-state index contributed by atoms with van der Waals surface area (Å²) in [7, 11) is 0. The van der Waals surface area contributed by atoms with E-state index in [1.54, 1.807) is 17.0 Å². The number of alkyl halides is 3. The molecule has 0 N–H and O–H groups in total. The first-order chi connectivity index (χ1) is 23.7. The molecule has 5 aliphatic rings. The van der Waals surface area contributed by atoms with E-state index in [4.69, 9.17) is 14.2 Å². The van der Waals surface area contributed by atoms with E-state index in [1.165, 1.54) is 57.0 Å². The fourth-order valence-electron chi connectivity index (χ4n) is 9.29. The Morgan fingerprint density at radius 1 is 1.08 bits per heavy atom. The van der Waals surface area contributed by atoms with Crippen molar-refractivity contribution < 1.29 is 46.5 Å². The van der Waals surface area contributed by atoms with Crippen molar-refractivity contribution in [2.75, 3.05) is 19.6 Å². The van der Waals surface area contributed by atoms with Gasteiger partial charge in [0.05, 0.1) is 17.5 Å². The molecular weight excluding hydrogens is 653 g/mol. The molecule has 2 aliphatic heterocycles. The molecule has 3 fully saturated rings. The van der Waals surface area contributed by atoms with E-state index in [0.717, 1.165) is 24.2 Å². The van der Waals surface area contributed by atoms with Crippen molar-refractivity contribution in [2.45, 2.75) is 102 Å². The van der Waals surface area contributed by atoms with Crippen molar-refractivity contribution in [3.63, 3.8) is 0 Å². The highest BCUT2D eigenvalue weighted by molar-refractivity contribution is 5.92. The lowest BCUT2D eigenvalue weighted by Gasteiger charge is -2.65. The molecule has 50 heavy (non-hydrogen) atoms. The number of halogens is 3. The van der Waals surface area contributed by atoms with Crippen LogP contribution in [0.4, 0.5) is 13.2 Å². The average Bonchev–Trinajstić information content (AvgIpc) is 3.77. The molecular formula is C38H43F3N2O7. The van der Waals surface area contributed by atoms with Crippen LogP contribution < -0.4 is 14.2 Å². The Labute approximate surface area is 289 Å². The van der Waals surface area contributed by atoms with Crippen LogP contribution in [-0.2, 0) is 31.0 Å². The summed E-state index contributed by atoms with van der Waals surface area (Å²) < 4.78 is 61.9. The van der Waals surface area contributed by atoms with E-state index in [9.17, 15) is 27.6 Å². The summed E-state index contributed by atoms with van der Waals surface area (Å²) in [5.41, 5.74) is 0.604. The van der Waals surface area contributed by atoms with Crippen LogP contribution in [0.25, 0.3) is 6.08 Å². The van der Waals surface area contributed by atoms with Crippen LogP contribution in [0.1, 0.15) is 76.5 Å². The van der Waals surface area contributed by atoms with Gasteiger partial charge in [-0.2, -0.15) is 0 Å². The van der Waals surface area contributed by atoms with Crippen LogP contribution in [0.15, 0.2) is 42.5 Å². The van der Waals surface area contributed by atoms with Gasteiger partial charge in [0.1, 0.15) is 17.5 Å². The minimum atomic E-state index is -4.84. The number of carbonyl (C=O) groups excluding carboxylic acids is 3. The number of rotatable bonds is 10. The fraction of sp³-hybridized carbons (Fsp3) is 0.553. The molecule has 2 aromatic rings. The van der Waals surface area contributed by atoms with E-state index >= 15 is 0 Å². The molecule has 268 valence electrons. The minimum absolute atomic E-state index is 0.0731. The van der Waals surface area contributed by atoms with Gasteiger partial charge in [0.15, 0.2) is 11.5 Å². The lowest BCUT2D eigenvalue weighted by Crippen LogP contribution is -2.79. The molecule has 5 atom stereocenters. The monoisotopic (exact) mass is 696 g/mol. The predicted molar refractivity (Wildman–Crippen MR) is 176 cm³/mol. The third-order valence-corrected chi connectivity index (χ3v) is 11.0. The third kappa shape index (κ3) is 6.03. The van der Waals surface area contributed by atoms with Gasteiger partial charge in [-0.05, 0) is 92.3 Å². The van der Waals surface area contributed by atoms with Crippen LogP contribution in [0.3, 0.4) is 0 Å². The second kappa shape index (κ2) is 12.6. The number of hydrogen-bond acceptors (Lipinski definition) is 8. The standard InChI is InChI=1S/C38H43F3N2O7/c1-22(2)20-43(32(46)13-10-25-6-5-7-28(18-25)50-38(39,40)41)29-14-15-37(49-24(4)45)31-19-27-11-12-30(47-23(3)44)34-33(27)36(37,35(29)48-34)16-17-42(31)21-26-8-9-26/h5-7,10-13,18,22,26,29,31,35H,8-9,14-17,19-21H2,1-4H3/b13-10+/t29?,31-,35?,36+,37-/m1/s1. The number of benzene rings is 2. The highest BCUT2D eigenvalue weighted by Gasteiger charge is 2.76. The van der Waals surface area contributed by atoms with Crippen molar-refractivity contribution in [2.24, 2.45) is 11.8 Å². The van der Waals surface area contributed by atoms with Crippen LogP contribution in [0, 0.1) is 11.8 Å². The number of piperidine rings is 1. The smallest absolute Gasteiger partial charge is 0.483 e. The topological polar surface area (TPSA) is 94.6 Å². The van der Waals surface area contributed by atoms with E-state index < -0.39 is 35.5 Å². The van der Waals surface area contributed by atoms with E-state index in [-0.39, 0.29) is 29.6 Å². The molecule has 2 unspecified atom stereocenters. The van der Waals surface area contributed by atoms with Gasteiger partial charge in [-0.25, -0.2) is 0 Å². The second-order valence-electron chi connectivity index (χ2n) is 14.9. The van der Waals surface area contributed by atoms with Gasteiger partial charge < -0.3 is 23.8 Å². The highest BCUT2D eigenvalue weighted by atomic mass is 19.4. The summed E-state index contributed by atoms with van der Waals surface area (Å²) in [6.45, 7) is 8.90. The molecule has 1 amide bonds. The summed E-state index contributed by atoms with van der Waals surface area (Å²) in [4.78, 5) is 43.8. The molecule has 12 heteroatoms. The largest absolute Gasteiger partial charge is 0.573 e. The van der Waals surface area contributed by atoms with Crippen LogP contribution in [-0.4, -0.2) is 77.4 Å². The number of nitrogens with zero attached hydrogens (tertiary/aromatic N) is 2. The quantitative estimate of drug-likeness (QED) is 0.165. The highest BCUT2D eigenvalue weighted by Crippen LogP contribution is 2.67. The molecule has 2 saturated carbocycles. The lowest BCUT2D eigenvalue weighted by molar-refractivity contribution is -0.274. The average molecular weight is 697 g/mol. The van der Waals surface area contributed by atoms with Gasteiger partial charge in [0.2, 0.25) is 5.91 Å². The normalized spacial score (nSPS) is 28.2. The van der Waals surface area contributed by atoms with Crippen LogP contribution >= 0.6 is 0 Å². The summed E-state index contributed by atoms with van der Waals surface area (Å²) in [5.74, 6) is -0.0889. The number of likely N-dealkylation sites (tertiary alicyclic amines) is 1. The molecule has 2 aromatic carbocycles. The molecule has 2 heterocycles. The number of hydrogen-bond donors (Lipinski definition) is 0. The zero-order chi connectivity index (χ0) is 35.6. The molecule has 0 radical (unpaired) electrons. The summed E-state index contributed by atoms with van der Waals surface area (Å²) in [6, 6.07) is 8.69. The van der Waals surface area contributed by atoms with E-state index in [1.807, 2.05) is 19.9 Å². The Hall–Kier alpha value is -4.06. The lowest BCUT2D eigenvalue weighted by atomic mass is 9.48. The maximum atomic E-state index is 14.2. The molecule has 2 bridgehead atoms. The molecule has 1 saturated heterocycles. The maximum absolute atomic E-state index is 14.2. The van der Waals surface area contributed by atoms with E-state index in [0.29, 0.717) is 55.2 Å². The zero-order valence-electron chi connectivity index (χ0n) is 28.8. The fourth-order valence-corrected chi connectivity index (χ4v) is 9.29. The van der Waals surface area contributed by atoms with Crippen molar-refractivity contribution >= 4 is 23.9 Å². The van der Waals surface area contributed by atoms with Crippen molar-refractivity contribution in [1.29, 1.82) is 0 Å². The number of esters is 2. The first-order valence-corrected chi connectivity index (χ1v) is 17.5. The Bertz CT molecular complexity index is 1720. The Morgan fingerprint density at radius 3 is 2.54 bits per heavy atom. The van der Waals surface area contributed by atoms with Gasteiger partial charge in [-0.15, -0.1) is 13.2 Å². The number of carbonyl (C=O) groups is 3. The van der Waals surface area contributed by atoms with Gasteiger partial charge >= 0.3 is 18.3 Å². The second-order valence-corrected chi connectivity index (χ2v) is 14.9. The van der Waals surface area contributed by atoms with Crippen molar-refractivity contribution in [1.82, 2.24) is 9.80 Å². The van der Waals surface area contributed by atoms with Crippen molar-refractivity contribution in [3.8, 4) is 17.2 Å².